The molecule has 1 aliphatic carbocycles. The Balaban J connectivity index is 3.09. The maximum atomic E-state index is 10.6. The van der Waals surface area contributed by atoms with E-state index < -0.39 is 0 Å². The first-order valence-electron chi connectivity index (χ1n) is 4.41. The van der Waals surface area contributed by atoms with Crippen LogP contribution in [0, 0.1) is 5.41 Å². The van der Waals surface area contributed by atoms with Gasteiger partial charge in [-0.3, -0.25) is 4.79 Å². The van der Waals surface area contributed by atoms with Crippen LogP contribution < -0.4 is 0 Å². The van der Waals surface area contributed by atoms with E-state index in [4.69, 9.17) is 0 Å². The molecule has 1 rings (SSSR count). The summed E-state index contributed by atoms with van der Waals surface area (Å²) in [6.07, 6.45) is 7.46. The van der Waals surface area contributed by atoms with Gasteiger partial charge in [-0.25, -0.2) is 0 Å². The molecule has 1 nitrogen and oxygen atoms in total. The van der Waals surface area contributed by atoms with Crippen molar-refractivity contribution in [2.75, 3.05) is 0 Å². The van der Waals surface area contributed by atoms with E-state index in [9.17, 15) is 4.79 Å². The molecule has 12 heavy (non-hydrogen) atoms. The highest BCUT2D eigenvalue weighted by Gasteiger charge is 2.24. The van der Waals surface area contributed by atoms with Crippen molar-refractivity contribution in [1.29, 1.82) is 0 Å². The molecule has 0 heterocycles. The van der Waals surface area contributed by atoms with Gasteiger partial charge >= 0.3 is 0 Å². The summed E-state index contributed by atoms with van der Waals surface area (Å²) in [6, 6.07) is 0. The number of aldehydes is 1. The van der Waals surface area contributed by atoms with Gasteiger partial charge in [-0.1, -0.05) is 26.0 Å². The molecule has 0 aromatic heterocycles. The van der Waals surface area contributed by atoms with Gasteiger partial charge in [-0.2, -0.15) is 0 Å². The number of allylic oxidation sites excluding steroid dienone is 4. The van der Waals surface area contributed by atoms with Crippen molar-refractivity contribution >= 4 is 6.29 Å². The molecule has 0 saturated carbocycles. The van der Waals surface area contributed by atoms with Crippen LogP contribution in [-0.2, 0) is 4.79 Å². The van der Waals surface area contributed by atoms with Crippen LogP contribution in [-0.4, -0.2) is 6.29 Å². The van der Waals surface area contributed by atoms with Gasteiger partial charge in [-0.05, 0) is 36.3 Å². The highest BCUT2D eigenvalue weighted by Crippen LogP contribution is 2.37. The normalized spacial score (nSPS) is 25.2. The van der Waals surface area contributed by atoms with Crippen molar-refractivity contribution < 1.29 is 4.79 Å². The molecule has 0 atom stereocenters. The van der Waals surface area contributed by atoms with Gasteiger partial charge in [0.1, 0.15) is 6.29 Å². The third kappa shape index (κ3) is 1.66. The van der Waals surface area contributed by atoms with Crippen molar-refractivity contribution in [1.82, 2.24) is 0 Å². The lowest BCUT2D eigenvalue weighted by molar-refractivity contribution is -0.105. The molecule has 1 aliphatic rings. The molecule has 0 radical (unpaired) electrons. The molecule has 0 spiro atoms. The second kappa shape index (κ2) is 3.26. The minimum absolute atomic E-state index is 0.180. The Morgan fingerprint density at radius 2 is 2.25 bits per heavy atom. The van der Waals surface area contributed by atoms with Gasteiger partial charge in [0, 0.05) is 0 Å². The fraction of sp³-hybridized carbons (Fsp3) is 0.545. The summed E-state index contributed by atoms with van der Waals surface area (Å²) in [7, 11) is 0. The third-order valence-corrected chi connectivity index (χ3v) is 2.55. The summed E-state index contributed by atoms with van der Waals surface area (Å²) in [5.74, 6) is 0. The monoisotopic (exact) mass is 164 g/mol. The quantitative estimate of drug-likeness (QED) is 0.430. The Labute approximate surface area is 74.2 Å². The second-order valence-electron chi connectivity index (χ2n) is 4.04. The Kier molecular flexibility index (Phi) is 2.51. The summed E-state index contributed by atoms with van der Waals surface area (Å²) in [4.78, 5) is 10.6. The number of hydrogen-bond donors (Lipinski definition) is 0. The first kappa shape index (κ1) is 9.24. The highest BCUT2D eigenvalue weighted by molar-refractivity contribution is 5.75. The molecular formula is C11H16O. The maximum Gasteiger partial charge on any atom is 0.146 e. The maximum absolute atomic E-state index is 10.6. The summed E-state index contributed by atoms with van der Waals surface area (Å²) in [5, 5.41) is 0. The smallest absolute Gasteiger partial charge is 0.146 e. The number of carbonyl (C=O) groups excluding carboxylic acids is 1. The molecule has 0 amide bonds. The molecule has 66 valence electrons. The Bertz CT molecular complexity index is 244. The molecule has 0 bridgehead atoms. The van der Waals surface area contributed by atoms with Gasteiger partial charge in [0.25, 0.3) is 0 Å². The molecule has 0 N–H and O–H groups in total. The zero-order valence-electron chi connectivity index (χ0n) is 8.05. The average Bonchev–Trinajstić information content (AvgIpc) is 2.02. The van der Waals surface area contributed by atoms with Gasteiger partial charge in [0.2, 0.25) is 0 Å². The fourth-order valence-corrected chi connectivity index (χ4v) is 1.73. The van der Waals surface area contributed by atoms with Crippen LogP contribution in [0.15, 0.2) is 23.3 Å². The second-order valence-corrected chi connectivity index (χ2v) is 4.04. The van der Waals surface area contributed by atoms with Crippen LogP contribution >= 0.6 is 0 Å². The van der Waals surface area contributed by atoms with Crippen LogP contribution in [0.25, 0.3) is 0 Å². The van der Waals surface area contributed by atoms with E-state index >= 15 is 0 Å². The first-order valence-corrected chi connectivity index (χ1v) is 4.41. The summed E-state index contributed by atoms with van der Waals surface area (Å²) in [6.45, 7) is 6.28. The van der Waals surface area contributed by atoms with E-state index in [0.717, 1.165) is 24.7 Å². The lowest BCUT2D eigenvalue weighted by atomic mass is 9.75. The standard InChI is InChI=1S/C11H16O/c1-9(8-12)10-6-4-5-7-11(10,2)3/h4,6,8H,5,7H2,1-3H3. The Morgan fingerprint density at radius 1 is 1.58 bits per heavy atom. The largest absolute Gasteiger partial charge is 0.298 e. The summed E-state index contributed by atoms with van der Waals surface area (Å²) in [5.41, 5.74) is 2.25. The predicted molar refractivity (Wildman–Crippen MR) is 50.9 cm³/mol. The van der Waals surface area contributed by atoms with Gasteiger partial charge in [-0.15, -0.1) is 0 Å². The van der Waals surface area contributed by atoms with Crippen molar-refractivity contribution in [2.45, 2.75) is 33.6 Å². The van der Waals surface area contributed by atoms with Crippen LogP contribution in [0.3, 0.4) is 0 Å². The van der Waals surface area contributed by atoms with E-state index in [-0.39, 0.29) is 5.41 Å². The molecule has 0 aromatic rings. The Morgan fingerprint density at radius 3 is 2.75 bits per heavy atom. The SMILES string of the molecule is CC(C=O)=C1C=CCCC1(C)C. The molecule has 1 heteroatoms. The van der Waals surface area contributed by atoms with E-state index in [0.29, 0.717) is 0 Å². The van der Waals surface area contributed by atoms with Crippen LogP contribution in [0.1, 0.15) is 33.6 Å². The minimum Gasteiger partial charge on any atom is -0.298 e. The van der Waals surface area contributed by atoms with Crippen LogP contribution in [0.2, 0.25) is 0 Å². The molecule has 0 saturated heterocycles. The summed E-state index contributed by atoms with van der Waals surface area (Å²) < 4.78 is 0. The van der Waals surface area contributed by atoms with Crippen molar-refractivity contribution in [3.63, 3.8) is 0 Å². The average molecular weight is 164 g/mol. The Hall–Kier alpha value is -0.850. The molecule has 0 aliphatic heterocycles. The van der Waals surface area contributed by atoms with Crippen LogP contribution in [0.4, 0.5) is 0 Å². The van der Waals surface area contributed by atoms with Crippen molar-refractivity contribution in [3.8, 4) is 0 Å². The zero-order valence-corrected chi connectivity index (χ0v) is 8.05. The van der Waals surface area contributed by atoms with E-state index in [1.165, 1.54) is 5.57 Å². The topological polar surface area (TPSA) is 17.1 Å². The van der Waals surface area contributed by atoms with Crippen molar-refractivity contribution in [2.24, 2.45) is 5.41 Å². The van der Waals surface area contributed by atoms with Gasteiger partial charge < -0.3 is 0 Å². The molecular weight excluding hydrogens is 148 g/mol. The van der Waals surface area contributed by atoms with Gasteiger partial charge in [0.05, 0.1) is 0 Å². The number of hydrogen-bond acceptors (Lipinski definition) is 1. The molecule has 0 unspecified atom stereocenters. The molecule has 0 fully saturated rings. The van der Waals surface area contributed by atoms with Crippen LogP contribution in [0.5, 0.6) is 0 Å². The number of rotatable bonds is 1. The fourth-order valence-electron chi connectivity index (χ4n) is 1.73. The van der Waals surface area contributed by atoms with Gasteiger partial charge in [0.15, 0.2) is 0 Å². The molecule has 0 aromatic carbocycles. The number of carbonyl (C=O) groups is 1. The highest BCUT2D eigenvalue weighted by atomic mass is 16.1. The lowest BCUT2D eigenvalue weighted by Crippen LogP contribution is -2.17. The van der Waals surface area contributed by atoms with E-state index in [2.05, 4.69) is 26.0 Å². The zero-order chi connectivity index (χ0) is 9.19. The summed E-state index contributed by atoms with van der Waals surface area (Å²) >= 11 is 0. The predicted octanol–water partition coefficient (Wildman–Crippen LogP) is 2.88. The lowest BCUT2D eigenvalue weighted by Gasteiger charge is -2.30. The van der Waals surface area contributed by atoms with E-state index in [1.807, 2.05) is 6.92 Å². The third-order valence-electron chi connectivity index (χ3n) is 2.55. The van der Waals surface area contributed by atoms with E-state index in [1.54, 1.807) is 0 Å². The van der Waals surface area contributed by atoms with Crippen molar-refractivity contribution in [3.05, 3.63) is 23.3 Å². The first-order chi connectivity index (χ1) is 5.58. The minimum atomic E-state index is 0.180.